The lowest BCUT2D eigenvalue weighted by molar-refractivity contribution is 0.0591. The zero-order valence-electron chi connectivity index (χ0n) is 72.7. The smallest absolute Gasteiger partial charge is 0.338 e. The van der Waals surface area contributed by atoms with E-state index in [1.807, 2.05) is 133 Å². The van der Waals surface area contributed by atoms with Crippen LogP contribution in [0.2, 0.25) is 28.4 Å². The number of nitrogens with one attached hydrogen (secondary N) is 3. The van der Waals surface area contributed by atoms with Crippen molar-refractivity contribution in [3.63, 3.8) is 0 Å². The number of methoxy groups -OCH3 is 4. The number of para-hydroxylation sites is 4. The molecule has 2 saturated heterocycles. The highest BCUT2D eigenvalue weighted by Crippen LogP contribution is 2.40. The van der Waals surface area contributed by atoms with Gasteiger partial charge in [0.05, 0.1) is 101 Å². The van der Waals surface area contributed by atoms with Gasteiger partial charge in [-0.2, -0.15) is 0 Å². The number of amides is 3. The van der Waals surface area contributed by atoms with E-state index in [0.29, 0.717) is 126 Å². The van der Waals surface area contributed by atoms with Gasteiger partial charge in [-0.25, -0.2) is 43.9 Å². The molecule has 14 rings (SSSR count). The fourth-order valence-electron chi connectivity index (χ4n) is 14.4. The lowest BCUT2D eigenvalue weighted by Gasteiger charge is -2.42. The highest BCUT2D eigenvalue weighted by Gasteiger charge is 2.40. The van der Waals surface area contributed by atoms with Gasteiger partial charge < -0.3 is 65.1 Å². The summed E-state index contributed by atoms with van der Waals surface area (Å²) in [6.45, 7) is 29.2. The molecule has 0 spiro atoms. The van der Waals surface area contributed by atoms with Crippen molar-refractivity contribution in [3.8, 4) is 0 Å². The van der Waals surface area contributed by atoms with E-state index in [9.17, 15) is 43.5 Å². The number of aliphatic hydroxyl groups is 1. The number of aromatic carboxylic acids is 1. The van der Waals surface area contributed by atoms with Gasteiger partial charge in [0.2, 0.25) is 0 Å². The van der Waals surface area contributed by atoms with E-state index in [1.165, 1.54) is 40.6 Å². The van der Waals surface area contributed by atoms with Gasteiger partial charge >= 0.3 is 29.8 Å². The third-order valence-electron chi connectivity index (χ3n) is 22.7. The fraction of sp³-hybridized carbons (Fsp3) is 0.292. The Bertz CT molecular complexity index is 6080. The average Bonchev–Trinajstić information content (AvgIpc) is 0.783. The molecule has 3 amide bonds. The van der Waals surface area contributed by atoms with Crippen molar-refractivity contribution < 1.29 is 71.9 Å². The van der Waals surface area contributed by atoms with E-state index in [-0.39, 0.29) is 56.8 Å². The van der Waals surface area contributed by atoms with Crippen LogP contribution >= 0.6 is 23.2 Å². The zero-order valence-corrected chi connectivity index (χ0v) is 75.2. The number of nitrogen functional groups attached to an aromatic ring is 1. The number of carbonyl (C=O) groups is 8. The molecule has 2 aliphatic heterocycles. The Hall–Kier alpha value is -12.7. The largest absolute Gasteiger partial charge is 0.478 e. The third kappa shape index (κ3) is 22.0. The number of hydrogen-bond acceptors (Lipinski definition) is 21. The summed E-state index contributed by atoms with van der Waals surface area (Å²) < 4.78 is 25.9. The first-order chi connectivity index (χ1) is 58.9. The van der Waals surface area contributed by atoms with Crippen molar-refractivity contribution >= 4 is 157 Å². The van der Waals surface area contributed by atoms with Gasteiger partial charge in [0.25, 0.3) is 17.7 Å². The molecule has 0 bridgehead atoms. The molecule has 4 aromatic heterocycles. The zero-order chi connectivity index (χ0) is 90.3. The predicted octanol–water partition coefficient (Wildman–Crippen LogP) is 19.5. The molecule has 124 heavy (non-hydrogen) atoms. The van der Waals surface area contributed by atoms with E-state index in [4.69, 9.17) is 62.6 Å². The molecule has 0 radical (unpaired) electrons. The minimum absolute atomic E-state index is 0.180. The van der Waals surface area contributed by atoms with Crippen LogP contribution in [0.25, 0.3) is 43.6 Å². The fourth-order valence-corrected chi connectivity index (χ4v) is 16.2. The molecule has 2 aliphatic rings. The summed E-state index contributed by atoms with van der Waals surface area (Å²) in [6.07, 6.45) is 3.17. The monoisotopic (exact) mass is 1730 g/mol. The van der Waals surface area contributed by atoms with Gasteiger partial charge in [0.1, 0.15) is 21.9 Å². The van der Waals surface area contributed by atoms with Gasteiger partial charge in [-0.3, -0.25) is 14.4 Å². The number of fused-ring (bicyclic) bond motifs is 4. The number of aliphatic hydroxyl groups excluding tert-OH is 1. The second-order valence-corrected chi connectivity index (χ2v) is 37.3. The number of halogens is 2. The standard InChI is InChI=1S/C31H41N3O4Si.C25H27N3O4.C20H17ClN2O3.C10H6ClNO2.C10H13NO2/c1-20-13-14-23(30(36)37-6)21(2)28(20)33-29(35)25-19-27(32-26-12-10-9-11-24(25)26)34-17-15-22(16-18-34)38-39(7,8)31(3,4)5;1-15-8-9-18(25(31)32-3)16(2)23(15)27-24(30)20-14-22(28-12-10-17(29)11-13-28)26-21-7-5-4-6-19(20)21;1-11-8-9-13(20(25)26-3)12(2)18(11)23-19(24)15-10-17(21)22-16-7-5-4-6-14(15)16;11-9-5-7(10(13)14)6-3-1-2-4-8(6)12-9;1-6-4-5-8(10(12)13-3)7(2)9(6)11/h9-14,19,22H,15-18H2,1-8H3,(H,33,35);4-9,14,17,29H,10-13H2,1-3H3,(H,27,30);4-10H,1-3H3,(H,23,24);1-5H,(H,13,14);4-5H,11H2,1-3H3. The number of rotatable bonds is 15. The van der Waals surface area contributed by atoms with E-state index in [1.54, 1.807) is 80.6 Å². The molecule has 12 aromatic rings. The Morgan fingerprint density at radius 2 is 0.702 bits per heavy atom. The first-order valence-electron chi connectivity index (χ1n) is 40.3. The van der Waals surface area contributed by atoms with E-state index in [2.05, 4.69) is 74.3 Å². The summed E-state index contributed by atoms with van der Waals surface area (Å²) in [7, 11) is 3.54. The number of anilines is 6. The molecular weight excluding hydrogens is 1630 g/mol. The Morgan fingerprint density at radius 1 is 0.411 bits per heavy atom. The van der Waals surface area contributed by atoms with Crippen molar-refractivity contribution in [2.75, 3.05) is 86.1 Å². The SMILES string of the molecule is COC(=O)c1ccc(C)c(N)c1C.COC(=O)c1ccc(C)c(NC(=O)c2cc(Cl)nc3ccccc23)c1C.COC(=O)c1ccc(C)c(NC(=O)c2cc(N3CCC(O)CC3)nc3ccccc23)c1C.COC(=O)c1ccc(C)c(NC(=O)c2cc(N3CCC(O[Si](C)(C)C(C)(C)C)CC3)nc3ccccc23)c1C.O=C(O)c1cc(Cl)nc2ccccc12. The van der Waals surface area contributed by atoms with E-state index < -0.39 is 32.2 Å². The first kappa shape index (κ1) is 93.5. The van der Waals surface area contributed by atoms with Gasteiger partial charge in [0.15, 0.2) is 8.32 Å². The summed E-state index contributed by atoms with van der Waals surface area (Å²) in [6, 6.07) is 50.2. The minimum Gasteiger partial charge on any atom is -0.478 e. The molecule has 0 unspecified atom stereocenters. The summed E-state index contributed by atoms with van der Waals surface area (Å²) in [4.78, 5) is 121. The minimum atomic E-state index is -1.83. The van der Waals surface area contributed by atoms with Gasteiger partial charge in [-0.15, -0.1) is 0 Å². The van der Waals surface area contributed by atoms with Crippen LogP contribution in [0.5, 0.6) is 0 Å². The number of carboxylic acid groups (broad SMARTS) is 1. The van der Waals surface area contributed by atoms with Gasteiger partial charge in [0, 0.05) is 76.6 Å². The number of piperidine rings is 2. The molecule has 2 fully saturated rings. The van der Waals surface area contributed by atoms with Gasteiger partial charge in [-0.1, -0.05) is 141 Å². The van der Waals surface area contributed by atoms with E-state index in [0.717, 1.165) is 87.2 Å². The van der Waals surface area contributed by atoms with Gasteiger partial charge in [-0.05, 0) is 217 Å². The van der Waals surface area contributed by atoms with Crippen molar-refractivity contribution in [1.29, 1.82) is 0 Å². The highest BCUT2D eigenvalue weighted by molar-refractivity contribution is 6.74. The Kier molecular flexibility index (Phi) is 30.9. The molecule has 28 heteroatoms. The quantitative estimate of drug-likeness (QED) is 0.0182. The number of pyridine rings is 4. The van der Waals surface area contributed by atoms with Crippen LogP contribution in [-0.4, -0.2) is 153 Å². The number of benzene rings is 8. The highest BCUT2D eigenvalue weighted by atomic mass is 35.5. The molecule has 7 N–H and O–H groups in total. The Labute approximate surface area is 732 Å². The van der Waals surface area contributed by atoms with Crippen molar-refractivity contribution in [2.24, 2.45) is 0 Å². The van der Waals surface area contributed by atoms with Crippen molar-refractivity contribution in [3.05, 3.63) is 269 Å². The van der Waals surface area contributed by atoms with Crippen molar-refractivity contribution in [1.82, 2.24) is 19.9 Å². The Morgan fingerprint density at radius 3 is 1.03 bits per heavy atom. The molecule has 25 nitrogen and oxygen atoms in total. The molecule has 0 saturated carbocycles. The molecular formula is C96H104Cl2N10O15Si. The predicted molar refractivity (Wildman–Crippen MR) is 492 cm³/mol. The number of nitrogens with two attached hydrogens (primary N) is 1. The maximum atomic E-state index is 13.7. The summed E-state index contributed by atoms with van der Waals surface area (Å²) in [5.41, 5.74) is 20.7. The maximum absolute atomic E-state index is 13.7. The number of carbonyl (C=O) groups excluding carboxylic acids is 7. The number of nitrogens with zero attached hydrogens (tertiary/aromatic N) is 6. The molecule has 8 aromatic carbocycles. The lowest BCUT2D eigenvalue weighted by Crippen LogP contribution is -2.47. The number of hydrogen-bond donors (Lipinski definition) is 6. The third-order valence-corrected chi connectivity index (χ3v) is 27.6. The van der Waals surface area contributed by atoms with Crippen LogP contribution in [0.3, 0.4) is 0 Å². The van der Waals surface area contributed by atoms with Crippen LogP contribution in [-0.2, 0) is 23.4 Å². The van der Waals surface area contributed by atoms with Crippen LogP contribution in [0.1, 0.15) is 174 Å². The average molecular weight is 1740 g/mol. The first-order valence-corrected chi connectivity index (χ1v) is 44.0. The number of aromatic nitrogens is 4. The summed E-state index contributed by atoms with van der Waals surface area (Å²) >= 11 is 11.8. The Balaban J connectivity index is 0.000000171. The lowest BCUT2D eigenvalue weighted by atomic mass is 10.0. The molecule has 6 heterocycles. The molecule has 0 aliphatic carbocycles. The second-order valence-electron chi connectivity index (χ2n) is 31.8. The molecule has 0 atom stereocenters. The number of aryl methyl sites for hydroxylation is 4. The second kappa shape index (κ2) is 41.0. The summed E-state index contributed by atoms with van der Waals surface area (Å²) in [5, 5.41) is 31.2. The van der Waals surface area contributed by atoms with Crippen LogP contribution in [0.15, 0.2) is 170 Å². The molecule has 646 valence electrons. The number of carboxylic acids is 1. The van der Waals surface area contributed by atoms with E-state index >= 15 is 0 Å². The van der Waals surface area contributed by atoms with Crippen LogP contribution in [0, 0.1) is 55.4 Å². The topological polar surface area (TPSA) is 343 Å². The number of ether oxygens (including phenoxy) is 4. The normalized spacial score (nSPS) is 12.8. The van der Waals surface area contributed by atoms with Crippen LogP contribution in [0.4, 0.5) is 34.4 Å². The maximum Gasteiger partial charge on any atom is 0.338 e. The van der Waals surface area contributed by atoms with Crippen molar-refractivity contribution in [2.45, 2.75) is 132 Å². The number of esters is 4. The van der Waals surface area contributed by atoms with Crippen LogP contribution < -0.4 is 31.5 Å². The summed E-state index contributed by atoms with van der Waals surface area (Å²) in [5.74, 6) is -1.97.